The van der Waals surface area contributed by atoms with Crippen LogP contribution in [-0.4, -0.2) is 35.4 Å². The summed E-state index contributed by atoms with van der Waals surface area (Å²) >= 11 is 9.74. The van der Waals surface area contributed by atoms with Gasteiger partial charge in [0.1, 0.15) is 0 Å². The van der Waals surface area contributed by atoms with E-state index in [1.165, 1.54) is 6.21 Å². The Kier molecular flexibility index (Phi) is 13.8. The van der Waals surface area contributed by atoms with Crippen molar-refractivity contribution in [2.75, 3.05) is 13.1 Å². The van der Waals surface area contributed by atoms with Crippen LogP contribution in [0.3, 0.4) is 0 Å². The summed E-state index contributed by atoms with van der Waals surface area (Å²) in [5.74, 6) is 0. The Bertz CT molecular complexity index is 340. The van der Waals surface area contributed by atoms with Crippen molar-refractivity contribution in [3.8, 4) is 0 Å². The van der Waals surface area contributed by atoms with Gasteiger partial charge in [0.25, 0.3) is 0 Å². The second-order valence-corrected chi connectivity index (χ2v) is 3.57. The fourth-order valence-corrected chi connectivity index (χ4v) is 1.06. The van der Waals surface area contributed by atoms with Gasteiger partial charge in [0, 0.05) is 13.1 Å². The van der Waals surface area contributed by atoms with Gasteiger partial charge in [-0.05, 0) is 31.1 Å². The molecule has 0 saturated carbocycles. The quantitative estimate of drug-likeness (QED) is 0.250. The zero-order valence-electron chi connectivity index (χ0n) is 10.4. The van der Waals surface area contributed by atoms with Gasteiger partial charge < -0.3 is 25.3 Å². The van der Waals surface area contributed by atoms with Crippen LogP contribution in [0.2, 0.25) is 0 Å². The molecule has 0 aliphatic carbocycles. The van der Waals surface area contributed by atoms with E-state index in [-0.39, 0.29) is 17.1 Å². The van der Waals surface area contributed by atoms with E-state index < -0.39 is 0 Å². The number of nitrogens with zero attached hydrogens (tertiary/aromatic N) is 4. The van der Waals surface area contributed by atoms with Crippen molar-refractivity contribution < 1.29 is 17.1 Å². The van der Waals surface area contributed by atoms with Crippen LogP contribution >= 0.6 is 0 Å². The van der Waals surface area contributed by atoms with Gasteiger partial charge in [-0.3, -0.25) is 20.8 Å². The van der Waals surface area contributed by atoms with Gasteiger partial charge in [0.2, 0.25) is 0 Å². The van der Waals surface area contributed by atoms with Crippen molar-refractivity contribution in [3.05, 3.63) is 0 Å². The fourth-order valence-electron chi connectivity index (χ4n) is 0.704. The Morgan fingerprint density at radius 1 is 1.06 bits per heavy atom. The minimum absolute atomic E-state index is 0. The molecule has 0 amide bonds. The van der Waals surface area contributed by atoms with Gasteiger partial charge in [-0.15, -0.1) is 0 Å². The summed E-state index contributed by atoms with van der Waals surface area (Å²) in [4.78, 5) is 7.88. The van der Waals surface area contributed by atoms with Gasteiger partial charge in [0.15, 0.2) is 0 Å². The van der Waals surface area contributed by atoms with Crippen molar-refractivity contribution in [2.24, 2.45) is 20.2 Å². The molecule has 0 aromatic carbocycles. The number of amidine groups is 2. The molecule has 0 atom stereocenters. The summed E-state index contributed by atoms with van der Waals surface area (Å²) < 4.78 is 0. The van der Waals surface area contributed by atoms with Crippen LogP contribution in [0.25, 0.3) is 0 Å². The van der Waals surface area contributed by atoms with Crippen molar-refractivity contribution in [1.82, 2.24) is 10.9 Å². The van der Waals surface area contributed by atoms with Crippen LogP contribution < -0.4 is 10.9 Å². The Morgan fingerprint density at radius 3 is 2.06 bits per heavy atom. The first kappa shape index (κ1) is 19.6. The van der Waals surface area contributed by atoms with E-state index in [1.807, 2.05) is 13.8 Å². The standard InChI is InChI=1S/C9H18N6S2.Cu/c1-4-10-8(16)14-12-6-7(3)13-15-9(17)11-5-2;/h6H,4-5H2,1-3H3,(H2,10,14,16)(H2,11,15,17);/q;+2/p-2/b12-6+,13-7+;. The molecular formula is C9H16CuN6S2. The van der Waals surface area contributed by atoms with Crippen LogP contribution in [0.15, 0.2) is 20.2 Å². The summed E-state index contributed by atoms with van der Waals surface area (Å²) in [7, 11) is 0. The second kappa shape index (κ2) is 12.7. The van der Waals surface area contributed by atoms with Crippen LogP contribution in [0.5, 0.6) is 0 Å². The molecule has 0 aromatic rings. The van der Waals surface area contributed by atoms with Gasteiger partial charge in [-0.2, -0.15) is 10.2 Å². The number of hydrogen-bond acceptors (Lipinski definition) is 6. The Morgan fingerprint density at radius 2 is 1.56 bits per heavy atom. The molecule has 0 fully saturated rings. The monoisotopic (exact) mass is 335 g/mol. The van der Waals surface area contributed by atoms with Gasteiger partial charge in [0.05, 0.1) is 11.9 Å². The molecular weight excluding hydrogens is 320 g/mol. The molecule has 0 bridgehead atoms. The molecule has 9 heteroatoms. The maximum absolute atomic E-state index is 4.88. The molecule has 18 heavy (non-hydrogen) atoms. The van der Waals surface area contributed by atoms with Crippen molar-refractivity contribution in [1.29, 1.82) is 0 Å². The molecule has 2 N–H and O–H groups in total. The van der Waals surface area contributed by atoms with E-state index in [0.29, 0.717) is 29.1 Å². The SMILES string of the molecule is CCN=C([S-])N/N=C/C(C)=N/NC([S-])=NCC.[Cu+2]. The molecule has 0 rings (SSSR count). The minimum atomic E-state index is 0. The third kappa shape index (κ3) is 11.7. The van der Waals surface area contributed by atoms with Crippen molar-refractivity contribution in [3.63, 3.8) is 0 Å². The summed E-state index contributed by atoms with van der Waals surface area (Å²) in [6, 6.07) is 0. The molecule has 0 saturated heterocycles. The number of rotatable bonds is 5. The van der Waals surface area contributed by atoms with Crippen LogP contribution in [0.1, 0.15) is 20.8 Å². The number of hydrazone groups is 2. The predicted octanol–water partition coefficient (Wildman–Crippen LogP) is 0.370. The smallest absolute Gasteiger partial charge is 0.741 e. The van der Waals surface area contributed by atoms with Gasteiger partial charge in [-0.1, -0.05) is 0 Å². The van der Waals surface area contributed by atoms with E-state index in [4.69, 9.17) is 25.3 Å². The van der Waals surface area contributed by atoms with Crippen LogP contribution in [0.4, 0.5) is 0 Å². The summed E-state index contributed by atoms with van der Waals surface area (Å²) in [5, 5.41) is 8.51. The Labute approximate surface area is 129 Å². The third-order valence-corrected chi connectivity index (χ3v) is 1.78. The summed E-state index contributed by atoms with van der Waals surface area (Å²) in [5.41, 5.74) is 5.86. The molecule has 6 nitrogen and oxygen atoms in total. The largest absolute Gasteiger partial charge is 2.00 e. The summed E-state index contributed by atoms with van der Waals surface area (Å²) in [6.07, 6.45) is 1.51. The number of nitrogens with one attached hydrogen (secondary N) is 2. The molecule has 0 aliphatic heterocycles. The van der Waals surface area contributed by atoms with E-state index in [9.17, 15) is 0 Å². The molecule has 1 radical (unpaired) electrons. The minimum Gasteiger partial charge on any atom is -0.741 e. The first-order valence-corrected chi connectivity index (χ1v) is 5.94. The van der Waals surface area contributed by atoms with E-state index in [1.54, 1.807) is 6.92 Å². The third-order valence-electron chi connectivity index (χ3n) is 1.34. The van der Waals surface area contributed by atoms with E-state index >= 15 is 0 Å². The zero-order chi connectivity index (χ0) is 13.1. The Balaban J connectivity index is 0. The first-order chi connectivity index (χ1) is 8.10. The fraction of sp³-hybridized carbons (Fsp3) is 0.556. The topological polar surface area (TPSA) is 73.5 Å². The molecule has 0 heterocycles. The average Bonchev–Trinajstić information content (AvgIpc) is 2.27. The second-order valence-electron chi connectivity index (χ2n) is 2.79. The van der Waals surface area contributed by atoms with Gasteiger partial charge in [-0.25, -0.2) is 0 Å². The Hall–Kier alpha value is -0.761. The normalized spacial score (nSPS) is 13.4. The maximum Gasteiger partial charge on any atom is 2.00 e. The van der Waals surface area contributed by atoms with Crippen molar-refractivity contribution in [2.45, 2.75) is 20.8 Å². The maximum atomic E-state index is 4.88. The first-order valence-electron chi connectivity index (χ1n) is 5.12. The predicted molar refractivity (Wildman–Crippen MR) is 78.6 cm³/mol. The van der Waals surface area contributed by atoms with Gasteiger partial charge >= 0.3 is 17.1 Å². The summed E-state index contributed by atoms with van der Waals surface area (Å²) in [6.45, 7) is 6.82. The van der Waals surface area contributed by atoms with Crippen molar-refractivity contribution >= 4 is 47.5 Å². The van der Waals surface area contributed by atoms with E-state index in [2.05, 4.69) is 31.0 Å². The van der Waals surface area contributed by atoms with Crippen LogP contribution in [0, 0.1) is 0 Å². The molecule has 0 unspecified atom stereocenters. The van der Waals surface area contributed by atoms with E-state index in [0.717, 1.165) is 0 Å². The zero-order valence-corrected chi connectivity index (χ0v) is 13.0. The molecule has 0 aromatic heterocycles. The molecule has 0 spiro atoms. The molecule has 0 aliphatic rings. The molecule has 105 valence electrons. The number of hydrogen-bond donors (Lipinski definition) is 2. The van der Waals surface area contributed by atoms with Crippen LogP contribution in [-0.2, 0) is 42.3 Å². The average molecular weight is 336 g/mol. The number of aliphatic imine (C=N–C) groups is 2.